The number of ether oxygens (including phenoxy) is 1. The summed E-state index contributed by atoms with van der Waals surface area (Å²) >= 11 is 0. The third-order valence-electron chi connectivity index (χ3n) is 4.31. The zero-order valence-electron chi connectivity index (χ0n) is 14.6. The van der Waals surface area contributed by atoms with Gasteiger partial charge in [-0.2, -0.15) is 0 Å². The van der Waals surface area contributed by atoms with Gasteiger partial charge in [0.05, 0.1) is 19.6 Å². The van der Waals surface area contributed by atoms with Gasteiger partial charge < -0.3 is 19.1 Å². The normalized spacial score (nSPS) is 17.0. The molecule has 1 aliphatic rings. The molecule has 7 nitrogen and oxygen atoms in total. The molecule has 1 atom stereocenters. The number of rotatable bonds is 5. The lowest BCUT2D eigenvalue weighted by molar-refractivity contribution is -0.135. The fourth-order valence-electron chi connectivity index (χ4n) is 3.01. The molecule has 7 heteroatoms. The van der Waals surface area contributed by atoms with Crippen molar-refractivity contribution >= 4 is 17.5 Å². The zero-order chi connectivity index (χ0) is 18.0. The molecule has 0 bridgehead atoms. The molecule has 0 aliphatic carbocycles. The molecular formula is C18H21N3O4. The second-order valence-corrected chi connectivity index (χ2v) is 6.23. The monoisotopic (exact) mass is 343 g/mol. The van der Waals surface area contributed by atoms with Crippen LogP contribution in [0, 0.1) is 12.8 Å². The van der Waals surface area contributed by atoms with Crippen LogP contribution in [0.3, 0.4) is 0 Å². The minimum Gasteiger partial charge on any atom is -0.497 e. The van der Waals surface area contributed by atoms with Gasteiger partial charge in [-0.05, 0) is 31.2 Å². The molecule has 0 spiro atoms. The summed E-state index contributed by atoms with van der Waals surface area (Å²) in [5.74, 6) is 0.968. The van der Waals surface area contributed by atoms with Crippen LogP contribution in [-0.4, -0.2) is 42.6 Å². The van der Waals surface area contributed by atoms with Crippen LogP contribution in [0.5, 0.6) is 5.75 Å². The molecular weight excluding hydrogens is 322 g/mol. The van der Waals surface area contributed by atoms with E-state index in [1.165, 1.54) is 0 Å². The molecule has 2 heterocycles. The van der Waals surface area contributed by atoms with E-state index < -0.39 is 0 Å². The van der Waals surface area contributed by atoms with Crippen LogP contribution < -0.4 is 9.64 Å². The molecule has 1 aromatic carbocycles. The first-order chi connectivity index (χ1) is 12.0. The van der Waals surface area contributed by atoms with Crippen LogP contribution in [-0.2, 0) is 16.1 Å². The highest BCUT2D eigenvalue weighted by Gasteiger charge is 2.36. The van der Waals surface area contributed by atoms with Crippen LogP contribution in [0.4, 0.5) is 5.69 Å². The number of amides is 2. The van der Waals surface area contributed by atoms with Gasteiger partial charge in [0.1, 0.15) is 17.2 Å². The summed E-state index contributed by atoms with van der Waals surface area (Å²) in [5, 5.41) is 3.90. The number of hydrogen-bond donors (Lipinski definition) is 0. The van der Waals surface area contributed by atoms with Crippen molar-refractivity contribution < 1.29 is 18.8 Å². The van der Waals surface area contributed by atoms with Crippen LogP contribution in [0.1, 0.15) is 17.9 Å². The molecule has 25 heavy (non-hydrogen) atoms. The number of benzene rings is 1. The molecule has 1 aliphatic heterocycles. The Morgan fingerprint density at radius 3 is 2.72 bits per heavy atom. The molecule has 1 fully saturated rings. The molecule has 1 aromatic heterocycles. The quantitative estimate of drug-likeness (QED) is 0.830. The van der Waals surface area contributed by atoms with Crippen molar-refractivity contribution in [3.63, 3.8) is 0 Å². The Bertz CT molecular complexity index is 769. The molecule has 0 N–H and O–H groups in total. The third kappa shape index (κ3) is 3.65. The van der Waals surface area contributed by atoms with E-state index in [1.807, 2.05) is 12.1 Å². The Balaban J connectivity index is 1.65. The maximum absolute atomic E-state index is 12.6. The molecule has 2 aromatic rings. The van der Waals surface area contributed by atoms with Crippen LogP contribution in [0.25, 0.3) is 0 Å². The maximum Gasteiger partial charge on any atom is 0.228 e. The van der Waals surface area contributed by atoms with Crippen LogP contribution >= 0.6 is 0 Å². The van der Waals surface area contributed by atoms with E-state index >= 15 is 0 Å². The predicted octanol–water partition coefficient (Wildman–Crippen LogP) is 2.00. The number of aryl methyl sites for hydroxylation is 1. The lowest BCUT2D eigenvalue weighted by Gasteiger charge is -2.20. The van der Waals surface area contributed by atoms with Crippen molar-refractivity contribution in [2.75, 3.05) is 25.6 Å². The lowest BCUT2D eigenvalue weighted by Crippen LogP contribution is -2.34. The highest BCUT2D eigenvalue weighted by molar-refractivity contribution is 6.00. The largest absolute Gasteiger partial charge is 0.497 e. The summed E-state index contributed by atoms with van der Waals surface area (Å²) in [6, 6.07) is 9.05. The van der Waals surface area contributed by atoms with E-state index in [1.54, 1.807) is 49.1 Å². The second-order valence-electron chi connectivity index (χ2n) is 6.23. The molecule has 0 radical (unpaired) electrons. The van der Waals surface area contributed by atoms with Crippen molar-refractivity contribution in [2.24, 2.45) is 5.92 Å². The van der Waals surface area contributed by atoms with Gasteiger partial charge in [-0.15, -0.1) is 0 Å². The molecule has 2 amide bonds. The van der Waals surface area contributed by atoms with E-state index in [0.717, 1.165) is 11.4 Å². The Hall–Kier alpha value is -2.83. The first-order valence-electron chi connectivity index (χ1n) is 8.09. The number of carbonyl (C=O) groups excluding carboxylic acids is 2. The Labute approximate surface area is 146 Å². The standard InChI is InChI=1S/C18H21N3O4/c1-12-8-14(19-25-12)11-20(2)18(23)13-9-17(22)21(10-13)15-4-6-16(24-3)7-5-15/h4-8,13H,9-11H2,1-3H3. The van der Waals surface area contributed by atoms with E-state index in [0.29, 0.717) is 24.5 Å². The first kappa shape index (κ1) is 17.0. The first-order valence-corrected chi connectivity index (χ1v) is 8.09. The fourth-order valence-corrected chi connectivity index (χ4v) is 3.01. The van der Waals surface area contributed by atoms with Gasteiger partial charge in [0.25, 0.3) is 0 Å². The van der Waals surface area contributed by atoms with E-state index in [4.69, 9.17) is 9.26 Å². The smallest absolute Gasteiger partial charge is 0.228 e. The minimum atomic E-state index is -0.354. The summed E-state index contributed by atoms with van der Waals surface area (Å²) in [4.78, 5) is 28.2. The van der Waals surface area contributed by atoms with E-state index in [9.17, 15) is 9.59 Å². The van der Waals surface area contributed by atoms with E-state index in [-0.39, 0.29) is 24.2 Å². The van der Waals surface area contributed by atoms with Crippen molar-refractivity contribution in [3.05, 3.63) is 41.8 Å². The number of anilines is 1. The summed E-state index contributed by atoms with van der Waals surface area (Å²) in [7, 11) is 3.31. The highest BCUT2D eigenvalue weighted by Crippen LogP contribution is 2.27. The average molecular weight is 343 g/mol. The predicted molar refractivity (Wildman–Crippen MR) is 91.2 cm³/mol. The summed E-state index contributed by atoms with van der Waals surface area (Å²) in [6.07, 6.45) is 0.215. The van der Waals surface area contributed by atoms with Crippen molar-refractivity contribution in [2.45, 2.75) is 19.9 Å². The maximum atomic E-state index is 12.6. The second kappa shape index (κ2) is 6.96. The fraction of sp³-hybridized carbons (Fsp3) is 0.389. The molecule has 132 valence electrons. The zero-order valence-corrected chi connectivity index (χ0v) is 14.6. The van der Waals surface area contributed by atoms with Crippen LogP contribution in [0.2, 0.25) is 0 Å². The van der Waals surface area contributed by atoms with Gasteiger partial charge in [0, 0.05) is 31.8 Å². The minimum absolute atomic E-state index is 0.0470. The number of methoxy groups -OCH3 is 1. The average Bonchev–Trinajstić information content (AvgIpc) is 3.20. The summed E-state index contributed by atoms with van der Waals surface area (Å²) < 4.78 is 10.2. The molecule has 3 rings (SSSR count). The Morgan fingerprint density at radius 1 is 1.40 bits per heavy atom. The Morgan fingerprint density at radius 2 is 2.12 bits per heavy atom. The summed E-state index contributed by atoms with van der Waals surface area (Å²) in [6.45, 7) is 2.55. The number of carbonyl (C=O) groups is 2. The van der Waals surface area contributed by atoms with Crippen LogP contribution in [0.15, 0.2) is 34.9 Å². The number of aromatic nitrogens is 1. The van der Waals surface area contributed by atoms with Gasteiger partial charge in [-0.25, -0.2) is 0 Å². The molecule has 1 unspecified atom stereocenters. The van der Waals surface area contributed by atoms with E-state index in [2.05, 4.69) is 5.16 Å². The van der Waals surface area contributed by atoms with Crippen molar-refractivity contribution in [1.82, 2.24) is 10.1 Å². The lowest BCUT2D eigenvalue weighted by atomic mass is 10.1. The SMILES string of the molecule is COc1ccc(N2CC(C(=O)N(C)Cc3cc(C)on3)CC2=O)cc1. The van der Waals surface area contributed by atoms with Gasteiger partial charge in [0.2, 0.25) is 11.8 Å². The molecule has 1 saturated heterocycles. The van der Waals surface area contributed by atoms with Gasteiger partial charge in [-0.3, -0.25) is 9.59 Å². The van der Waals surface area contributed by atoms with Gasteiger partial charge >= 0.3 is 0 Å². The highest BCUT2D eigenvalue weighted by atomic mass is 16.5. The third-order valence-corrected chi connectivity index (χ3v) is 4.31. The van der Waals surface area contributed by atoms with Gasteiger partial charge in [-0.1, -0.05) is 5.16 Å². The molecule has 0 saturated carbocycles. The summed E-state index contributed by atoms with van der Waals surface area (Å²) in [5.41, 5.74) is 1.47. The number of hydrogen-bond acceptors (Lipinski definition) is 5. The Kier molecular flexibility index (Phi) is 4.74. The number of nitrogens with zero attached hydrogens (tertiary/aromatic N) is 3. The topological polar surface area (TPSA) is 75.9 Å². The van der Waals surface area contributed by atoms with Gasteiger partial charge in [0.15, 0.2) is 0 Å². The van der Waals surface area contributed by atoms with Crippen molar-refractivity contribution in [3.8, 4) is 5.75 Å². The van der Waals surface area contributed by atoms with Crippen molar-refractivity contribution in [1.29, 1.82) is 0 Å².